The van der Waals surface area contributed by atoms with E-state index in [9.17, 15) is 4.79 Å². The highest BCUT2D eigenvalue weighted by atomic mass is 32.1. The van der Waals surface area contributed by atoms with Crippen LogP contribution < -0.4 is 0 Å². The molecule has 1 aromatic heterocycles. The highest BCUT2D eigenvalue weighted by molar-refractivity contribution is 7.12. The fraction of sp³-hybridized carbons (Fsp3) is 0.118. The number of hydrogen-bond acceptors (Lipinski definition) is 3. The first-order valence-electron chi connectivity index (χ1n) is 6.20. The van der Waals surface area contributed by atoms with Crippen LogP contribution >= 0.6 is 11.3 Å². The number of esters is 1. The molecule has 0 aliphatic rings. The second-order valence-corrected chi connectivity index (χ2v) is 5.20. The summed E-state index contributed by atoms with van der Waals surface area (Å²) < 4.78 is 5.10. The molecule has 1 heterocycles. The van der Waals surface area contributed by atoms with Gasteiger partial charge < -0.3 is 4.74 Å². The van der Waals surface area contributed by atoms with Crippen LogP contribution in [0.2, 0.25) is 0 Å². The van der Waals surface area contributed by atoms with E-state index in [-0.39, 0.29) is 12.4 Å². The monoisotopic (exact) mass is 282 g/mol. The SMILES string of the molecule is C=CCC(=O)OCc1ccc(C#Cc2ccccc2)s1. The van der Waals surface area contributed by atoms with E-state index < -0.39 is 0 Å². The van der Waals surface area contributed by atoms with Crippen molar-refractivity contribution in [2.75, 3.05) is 0 Å². The average molecular weight is 282 g/mol. The Morgan fingerprint density at radius 1 is 1.20 bits per heavy atom. The Labute approximate surface area is 122 Å². The first kappa shape index (κ1) is 14.1. The maximum absolute atomic E-state index is 11.2. The number of hydrogen-bond donors (Lipinski definition) is 0. The zero-order valence-electron chi connectivity index (χ0n) is 11.0. The lowest BCUT2D eigenvalue weighted by Crippen LogP contribution is -2.01. The maximum atomic E-state index is 11.2. The first-order valence-corrected chi connectivity index (χ1v) is 7.02. The summed E-state index contributed by atoms with van der Waals surface area (Å²) >= 11 is 1.54. The summed E-state index contributed by atoms with van der Waals surface area (Å²) in [6.45, 7) is 3.79. The predicted molar refractivity (Wildman–Crippen MR) is 81.4 cm³/mol. The van der Waals surface area contributed by atoms with Crippen molar-refractivity contribution < 1.29 is 9.53 Å². The zero-order chi connectivity index (χ0) is 14.2. The van der Waals surface area contributed by atoms with Crippen molar-refractivity contribution in [1.82, 2.24) is 0 Å². The molecule has 0 saturated carbocycles. The van der Waals surface area contributed by atoms with Gasteiger partial charge in [-0.2, -0.15) is 0 Å². The van der Waals surface area contributed by atoms with Crippen LogP contribution in [0.5, 0.6) is 0 Å². The van der Waals surface area contributed by atoms with Gasteiger partial charge in [-0.3, -0.25) is 4.79 Å². The number of carbonyl (C=O) groups is 1. The first-order chi connectivity index (χ1) is 9.78. The smallest absolute Gasteiger partial charge is 0.309 e. The molecule has 0 amide bonds. The molecular weight excluding hydrogens is 268 g/mol. The molecule has 0 radical (unpaired) electrons. The normalized spacial score (nSPS) is 9.40. The van der Waals surface area contributed by atoms with Gasteiger partial charge >= 0.3 is 5.97 Å². The Bertz CT molecular complexity index is 644. The predicted octanol–water partition coefficient (Wildman–Crippen LogP) is 3.77. The summed E-state index contributed by atoms with van der Waals surface area (Å²) in [7, 11) is 0. The van der Waals surface area contributed by atoms with Gasteiger partial charge in [-0.05, 0) is 24.3 Å². The van der Waals surface area contributed by atoms with Crippen molar-refractivity contribution in [1.29, 1.82) is 0 Å². The molecule has 2 nitrogen and oxygen atoms in total. The molecule has 20 heavy (non-hydrogen) atoms. The molecule has 0 unspecified atom stereocenters. The number of carbonyl (C=O) groups excluding carboxylic acids is 1. The third-order valence-electron chi connectivity index (χ3n) is 2.45. The summed E-state index contributed by atoms with van der Waals surface area (Å²) in [6, 6.07) is 13.7. The van der Waals surface area contributed by atoms with Gasteiger partial charge in [-0.1, -0.05) is 36.1 Å². The van der Waals surface area contributed by atoms with E-state index in [2.05, 4.69) is 18.4 Å². The van der Waals surface area contributed by atoms with Gasteiger partial charge in [-0.15, -0.1) is 17.9 Å². The van der Waals surface area contributed by atoms with Crippen molar-refractivity contribution in [2.45, 2.75) is 13.0 Å². The second-order valence-electron chi connectivity index (χ2n) is 4.04. The molecule has 0 N–H and O–H groups in total. The van der Waals surface area contributed by atoms with Gasteiger partial charge in [0.25, 0.3) is 0 Å². The van der Waals surface area contributed by atoms with Crippen molar-refractivity contribution in [3.8, 4) is 11.8 Å². The molecule has 2 aromatic rings. The summed E-state index contributed by atoms with van der Waals surface area (Å²) in [5, 5.41) is 0. The Kier molecular flexibility index (Phi) is 5.16. The molecule has 2 rings (SSSR count). The number of rotatable bonds is 4. The van der Waals surface area contributed by atoms with Gasteiger partial charge in [0.1, 0.15) is 6.61 Å². The second kappa shape index (κ2) is 7.32. The van der Waals surface area contributed by atoms with Crippen LogP contribution in [0.1, 0.15) is 21.7 Å². The van der Waals surface area contributed by atoms with Crippen molar-refractivity contribution >= 4 is 17.3 Å². The number of ether oxygens (including phenoxy) is 1. The largest absolute Gasteiger partial charge is 0.460 e. The van der Waals surface area contributed by atoms with Crippen LogP contribution in [0, 0.1) is 11.8 Å². The molecule has 1 aromatic carbocycles. The van der Waals surface area contributed by atoms with Crippen LogP contribution in [0.3, 0.4) is 0 Å². The van der Waals surface area contributed by atoms with Gasteiger partial charge in [0.05, 0.1) is 11.3 Å². The van der Waals surface area contributed by atoms with Crippen LogP contribution in [-0.4, -0.2) is 5.97 Å². The number of benzene rings is 1. The molecule has 100 valence electrons. The van der Waals surface area contributed by atoms with E-state index in [1.54, 1.807) is 0 Å². The maximum Gasteiger partial charge on any atom is 0.309 e. The quantitative estimate of drug-likeness (QED) is 0.485. The minimum absolute atomic E-state index is 0.242. The molecule has 0 aliphatic heterocycles. The van der Waals surface area contributed by atoms with Crippen molar-refractivity contribution in [3.05, 3.63) is 70.4 Å². The topological polar surface area (TPSA) is 26.3 Å². The van der Waals surface area contributed by atoms with Crippen LogP contribution in [-0.2, 0) is 16.1 Å². The lowest BCUT2D eigenvalue weighted by Gasteiger charge is -1.99. The van der Waals surface area contributed by atoms with Crippen molar-refractivity contribution in [2.24, 2.45) is 0 Å². The summed E-state index contributed by atoms with van der Waals surface area (Å²) in [5.74, 6) is 5.95. The van der Waals surface area contributed by atoms with E-state index >= 15 is 0 Å². The average Bonchev–Trinajstić information content (AvgIpc) is 2.92. The third kappa shape index (κ3) is 4.42. The Hall–Kier alpha value is -2.31. The molecular formula is C17H14O2S. The Morgan fingerprint density at radius 3 is 2.75 bits per heavy atom. The highest BCUT2D eigenvalue weighted by Crippen LogP contribution is 2.16. The Morgan fingerprint density at radius 2 is 2.00 bits per heavy atom. The van der Waals surface area contributed by atoms with Gasteiger partial charge in [0.2, 0.25) is 0 Å². The standard InChI is InChI=1S/C17H14O2S/c1-2-6-17(18)19-13-16-12-11-15(20-16)10-9-14-7-4-3-5-8-14/h2-5,7-8,11-12H,1,6,13H2. The fourth-order valence-corrected chi connectivity index (χ4v) is 2.28. The molecule has 0 spiro atoms. The lowest BCUT2D eigenvalue weighted by atomic mass is 10.2. The summed E-state index contributed by atoms with van der Waals surface area (Å²) in [5.41, 5.74) is 0.986. The minimum atomic E-state index is -0.259. The highest BCUT2D eigenvalue weighted by Gasteiger charge is 2.02. The van der Waals surface area contributed by atoms with E-state index in [4.69, 9.17) is 4.74 Å². The van der Waals surface area contributed by atoms with Gasteiger partial charge in [0.15, 0.2) is 0 Å². The van der Waals surface area contributed by atoms with Crippen LogP contribution in [0.4, 0.5) is 0 Å². The molecule has 0 bridgehead atoms. The van der Waals surface area contributed by atoms with Gasteiger partial charge in [-0.25, -0.2) is 0 Å². The van der Waals surface area contributed by atoms with E-state index in [0.29, 0.717) is 6.61 Å². The number of thiophene rings is 1. The van der Waals surface area contributed by atoms with Crippen LogP contribution in [0.15, 0.2) is 55.1 Å². The van der Waals surface area contributed by atoms with Gasteiger partial charge in [0, 0.05) is 10.4 Å². The van der Waals surface area contributed by atoms with Crippen LogP contribution in [0.25, 0.3) is 0 Å². The van der Waals surface area contributed by atoms with E-state index in [1.807, 2.05) is 42.5 Å². The molecule has 3 heteroatoms. The summed E-state index contributed by atoms with van der Waals surface area (Å²) in [6.07, 6.45) is 1.78. The minimum Gasteiger partial charge on any atom is -0.460 e. The molecule has 0 atom stereocenters. The lowest BCUT2D eigenvalue weighted by molar-refractivity contribution is -0.143. The molecule has 0 fully saturated rings. The molecule has 0 aliphatic carbocycles. The fourth-order valence-electron chi connectivity index (χ4n) is 1.51. The third-order valence-corrected chi connectivity index (χ3v) is 3.43. The van der Waals surface area contributed by atoms with E-state index in [1.165, 1.54) is 17.4 Å². The zero-order valence-corrected chi connectivity index (χ0v) is 11.8. The van der Waals surface area contributed by atoms with E-state index in [0.717, 1.165) is 15.3 Å². The Balaban J connectivity index is 1.94. The van der Waals surface area contributed by atoms with Crippen molar-refractivity contribution in [3.63, 3.8) is 0 Å². The molecule has 0 saturated heterocycles. The summed E-state index contributed by atoms with van der Waals surface area (Å²) in [4.78, 5) is 13.2.